The van der Waals surface area contributed by atoms with E-state index in [9.17, 15) is 13.2 Å². The van der Waals surface area contributed by atoms with E-state index in [-0.39, 0.29) is 24.9 Å². The fourth-order valence-electron chi connectivity index (χ4n) is 2.97. The number of amides is 1. The fourth-order valence-corrected chi connectivity index (χ4v) is 3.78. The molecule has 0 atom stereocenters. The van der Waals surface area contributed by atoms with Crippen LogP contribution in [-0.2, 0) is 21.4 Å². The molecule has 1 N–H and O–H groups in total. The van der Waals surface area contributed by atoms with Crippen molar-refractivity contribution >= 4 is 15.9 Å². The molecule has 1 amide bonds. The van der Waals surface area contributed by atoms with E-state index in [1.54, 1.807) is 0 Å². The number of hydrogen-bond acceptors (Lipinski definition) is 3. The maximum absolute atomic E-state index is 12.0. The maximum atomic E-state index is 12.0. The van der Waals surface area contributed by atoms with E-state index in [1.807, 2.05) is 31.2 Å². The molecule has 0 bridgehead atoms. The van der Waals surface area contributed by atoms with Gasteiger partial charge in [0.15, 0.2) is 0 Å². The zero-order valence-corrected chi connectivity index (χ0v) is 14.7. The summed E-state index contributed by atoms with van der Waals surface area (Å²) in [6, 6.07) is 8.04. The summed E-state index contributed by atoms with van der Waals surface area (Å²) in [6.07, 6.45) is 5.78. The van der Waals surface area contributed by atoms with Crippen LogP contribution in [0.3, 0.4) is 0 Å². The minimum atomic E-state index is -3.35. The van der Waals surface area contributed by atoms with E-state index < -0.39 is 10.0 Å². The van der Waals surface area contributed by atoms with E-state index in [1.165, 1.54) is 10.6 Å². The lowest BCUT2D eigenvalue weighted by molar-refractivity contribution is -0.121. The van der Waals surface area contributed by atoms with Crippen LogP contribution in [0.2, 0.25) is 0 Å². The SMILES string of the molecule is Cc1cccc(CN(CCC(=O)NC2CCCC2)S(C)(=O)=O)c1. The number of nitrogens with zero attached hydrogens (tertiary/aromatic N) is 1. The largest absolute Gasteiger partial charge is 0.353 e. The molecule has 1 aliphatic rings. The molecular weight excluding hydrogens is 312 g/mol. The van der Waals surface area contributed by atoms with Gasteiger partial charge in [-0.3, -0.25) is 4.79 Å². The maximum Gasteiger partial charge on any atom is 0.221 e. The molecule has 0 heterocycles. The van der Waals surface area contributed by atoms with Crippen LogP contribution in [0.4, 0.5) is 0 Å². The molecule has 1 aromatic rings. The van der Waals surface area contributed by atoms with Gasteiger partial charge in [0.25, 0.3) is 0 Å². The standard InChI is InChI=1S/C17H26N2O3S/c1-14-6-5-7-15(12-14)13-19(23(2,21)22)11-10-17(20)18-16-8-3-4-9-16/h5-7,12,16H,3-4,8-11,13H2,1-2H3,(H,18,20). The monoisotopic (exact) mass is 338 g/mol. The Hall–Kier alpha value is -1.40. The molecule has 0 spiro atoms. The van der Waals surface area contributed by atoms with Gasteiger partial charge < -0.3 is 5.32 Å². The summed E-state index contributed by atoms with van der Waals surface area (Å²) in [5.41, 5.74) is 2.03. The van der Waals surface area contributed by atoms with Gasteiger partial charge in [-0.15, -0.1) is 0 Å². The Labute approximate surface area is 139 Å². The Bertz CT molecular complexity index is 637. The van der Waals surface area contributed by atoms with Crippen LogP contribution in [0.5, 0.6) is 0 Å². The molecule has 1 saturated carbocycles. The van der Waals surface area contributed by atoms with Crippen molar-refractivity contribution in [1.82, 2.24) is 9.62 Å². The molecule has 6 heteroatoms. The van der Waals surface area contributed by atoms with Crippen LogP contribution >= 0.6 is 0 Å². The number of benzene rings is 1. The van der Waals surface area contributed by atoms with Crippen molar-refractivity contribution in [3.63, 3.8) is 0 Å². The average Bonchev–Trinajstić information content (AvgIpc) is 2.95. The third-order valence-electron chi connectivity index (χ3n) is 4.22. The van der Waals surface area contributed by atoms with Gasteiger partial charge in [0, 0.05) is 25.6 Å². The molecule has 0 unspecified atom stereocenters. The highest BCUT2D eigenvalue weighted by Gasteiger charge is 2.21. The minimum absolute atomic E-state index is 0.0604. The number of hydrogen-bond donors (Lipinski definition) is 1. The van der Waals surface area contributed by atoms with Gasteiger partial charge in [0.05, 0.1) is 6.26 Å². The third-order valence-corrected chi connectivity index (χ3v) is 5.47. The summed E-state index contributed by atoms with van der Waals surface area (Å²) in [7, 11) is -3.35. The molecule has 1 aliphatic carbocycles. The van der Waals surface area contributed by atoms with Crippen molar-refractivity contribution in [2.45, 2.75) is 51.6 Å². The van der Waals surface area contributed by atoms with Crippen LogP contribution in [-0.4, -0.2) is 37.5 Å². The molecule has 1 aromatic carbocycles. The normalized spacial score (nSPS) is 16.0. The van der Waals surface area contributed by atoms with Crippen LogP contribution in [0.15, 0.2) is 24.3 Å². The zero-order chi connectivity index (χ0) is 16.9. The Morgan fingerprint density at radius 1 is 1.30 bits per heavy atom. The minimum Gasteiger partial charge on any atom is -0.353 e. The third kappa shape index (κ3) is 5.95. The second-order valence-corrected chi connectivity index (χ2v) is 8.37. The van der Waals surface area contributed by atoms with Gasteiger partial charge in [-0.25, -0.2) is 8.42 Å². The van der Waals surface area contributed by atoms with E-state index in [2.05, 4.69) is 5.32 Å². The molecule has 0 radical (unpaired) electrons. The summed E-state index contributed by atoms with van der Waals surface area (Å²) in [4.78, 5) is 12.0. The molecule has 5 nitrogen and oxygen atoms in total. The van der Waals surface area contributed by atoms with Gasteiger partial charge >= 0.3 is 0 Å². The second kappa shape index (κ2) is 7.93. The average molecular weight is 338 g/mol. The molecule has 1 fully saturated rings. The molecule has 0 saturated heterocycles. The highest BCUT2D eigenvalue weighted by atomic mass is 32.2. The van der Waals surface area contributed by atoms with Gasteiger partial charge in [0.1, 0.15) is 0 Å². The lowest BCUT2D eigenvalue weighted by atomic mass is 10.1. The van der Waals surface area contributed by atoms with E-state index in [0.29, 0.717) is 6.54 Å². The highest BCUT2D eigenvalue weighted by molar-refractivity contribution is 7.88. The van der Waals surface area contributed by atoms with Crippen molar-refractivity contribution in [3.8, 4) is 0 Å². The smallest absolute Gasteiger partial charge is 0.221 e. The number of nitrogens with one attached hydrogen (secondary N) is 1. The van der Waals surface area contributed by atoms with Crippen LogP contribution in [0.25, 0.3) is 0 Å². The summed E-state index contributed by atoms with van der Waals surface area (Å²) in [6.45, 7) is 2.49. The zero-order valence-electron chi connectivity index (χ0n) is 13.9. The summed E-state index contributed by atoms with van der Waals surface area (Å²) < 4.78 is 25.3. The first kappa shape index (κ1) is 17.9. The van der Waals surface area contributed by atoms with E-state index in [0.717, 1.165) is 36.8 Å². The second-order valence-electron chi connectivity index (χ2n) is 6.38. The van der Waals surface area contributed by atoms with Crippen molar-refractivity contribution in [2.75, 3.05) is 12.8 Å². The fraction of sp³-hybridized carbons (Fsp3) is 0.588. The van der Waals surface area contributed by atoms with Crippen LogP contribution in [0.1, 0.15) is 43.2 Å². The number of carbonyl (C=O) groups is 1. The van der Waals surface area contributed by atoms with E-state index in [4.69, 9.17) is 0 Å². The lowest BCUT2D eigenvalue weighted by Crippen LogP contribution is -2.37. The summed E-state index contributed by atoms with van der Waals surface area (Å²) in [5, 5.41) is 3.00. The van der Waals surface area contributed by atoms with Gasteiger partial charge in [-0.1, -0.05) is 42.7 Å². The summed E-state index contributed by atoms with van der Waals surface area (Å²) >= 11 is 0. The van der Waals surface area contributed by atoms with Crippen LogP contribution < -0.4 is 5.32 Å². The Kier molecular flexibility index (Phi) is 6.18. The molecule has 2 rings (SSSR count). The number of carbonyl (C=O) groups excluding carboxylic acids is 1. The molecule has 0 aliphatic heterocycles. The van der Waals surface area contributed by atoms with Crippen molar-refractivity contribution in [1.29, 1.82) is 0 Å². The first-order valence-electron chi connectivity index (χ1n) is 8.14. The van der Waals surface area contributed by atoms with Gasteiger partial charge in [0.2, 0.25) is 15.9 Å². The predicted octanol–water partition coefficient (Wildman–Crippen LogP) is 2.21. The number of sulfonamides is 1. The number of rotatable bonds is 7. The van der Waals surface area contributed by atoms with Gasteiger partial charge in [-0.2, -0.15) is 4.31 Å². The van der Waals surface area contributed by atoms with Gasteiger partial charge in [-0.05, 0) is 25.3 Å². The predicted molar refractivity (Wildman–Crippen MR) is 91.4 cm³/mol. The first-order valence-corrected chi connectivity index (χ1v) is 9.99. The van der Waals surface area contributed by atoms with Crippen molar-refractivity contribution in [2.24, 2.45) is 0 Å². The van der Waals surface area contributed by atoms with Crippen LogP contribution in [0, 0.1) is 6.92 Å². The molecule has 0 aromatic heterocycles. The van der Waals surface area contributed by atoms with Crippen molar-refractivity contribution in [3.05, 3.63) is 35.4 Å². The molecule has 128 valence electrons. The van der Waals surface area contributed by atoms with Crippen molar-refractivity contribution < 1.29 is 13.2 Å². The quantitative estimate of drug-likeness (QED) is 0.829. The first-order chi connectivity index (χ1) is 10.8. The highest BCUT2D eigenvalue weighted by Crippen LogP contribution is 2.18. The Morgan fingerprint density at radius 2 is 2.00 bits per heavy atom. The summed E-state index contributed by atoms with van der Waals surface area (Å²) in [5.74, 6) is -0.0604. The Morgan fingerprint density at radius 3 is 2.61 bits per heavy atom. The Balaban J connectivity index is 1.92. The molecular formula is C17H26N2O3S. The van der Waals surface area contributed by atoms with E-state index >= 15 is 0 Å². The topological polar surface area (TPSA) is 66.5 Å². The number of aryl methyl sites for hydroxylation is 1. The molecule has 23 heavy (non-hydrogen) atoms. The lowest BCUT2D eigenvalue weighted by Gasteiger charge is -2.20.